The fraction of sp³-hybridized carbons (Fsp3) is 0.231. The highest BCUT2D eigenvalue weighted by Crippen LogP contribution is 2.12. The predicted molar refractivity (Wildman–Crippen MR) is 64.5 cm³/mol. The van der Waals surface area contributed by atoms with Gasteiger partial charge < -0.3 is 4.74 Å². The number of ether oxygens (including phenoxy) is 1. The van der Waals surface area contributed by atoms with E-state index in [1.807, 2.05) is 31.2 Å². The summed E-state index contributed by atoms with van der Waals surface area (Å²) in [6.45, 7) is 3.58. The molecule has 0 saturated heterocycles. The van der Waals surface area contributed by atoms with Gasteiger partial charge in [-0.25, -0.2) is 4.68 Å². The summed E-state index contributed by atoms with van der Waals surface area (Å²) < 4.78 is 6.93. The number of rotatable bonds is 4. The van der Waals surface area contributed by atoms with Crippen molar-refractivity contribution < 1.29 is 9.53 Å². The Morgan fingerprint density at radius 1 is 1.29 bits per heavy atom. The van der Waals surface area contributed by atoms with E-state index in [4.69, 9.17) is 4.74 Å². The zero-order valence-corrected chi connectivity index (χ0v) is 9.88. The third-order valence-electron chi connectivity index (χ3n) is 2.29. The maximum atomic E-state index is 10.8. The lowest BCUT2D eigenvalue weighted by Crippen LogP contribution is -2.07. The summed E-state index contributed by atoms with van der Waals surface area (Å²) >= 11 is 0. The Hall–Kier alpha value is -2.10. The molecule has 4 heteroatoms. The molecule has 0 amide bonds. The number of aromatic nitrogens is 2. The highest BCUT2D eigenvalue weighted by molar-refractivity contribution is 5.76. The molecule has 1 aromatic heterocycles. The van der Waals surface area contributed by atoms with Crippen LogP contribution in [0.5, 0.6) is 5.88 Å². The first kappa shape index (κ1) is 11.4. The van der Waals surface area contributed by atoms with Crippen molar-refractivity contribution in [3.63, 3.8) is 0 Å². The number of Topliss-reactive ketones (excluding diaryl/α,β-unsaturated/α-hetero) is 1. The number of hydrogen-bond donors (Lipinski definition) is 0. The van der Waals surface area contributed by atoms with Gasteiger partial charge in [0.1, 0.15) is 6.61 Å². The van der Waals surface area contributed by atoms with E-state index >= 15 is 0 Å². The van der Waals surface area contributed by atoms with Crippen LogP contribution in [0.2, 0.25) is 0 Å². The second-order valence-corrected chi connectivity index (χ2v) is 3.92. The Kier molecular flexibility index (Phi) is 3.23. The highest BCUT2D eigenvalue weighted by Gasteiger charge is 2.02. The molecule has 0 saturated carbocycles. The van der Waals surface area contributed by atoms with Crippen LogP contribution in [0.4, 0.5) is 0 Å². The van der Waals surface area contributed by atoms with E-state index in [1.54, 1.807) is 16.9 Å². The van der Waals surface area contributed by atoms with Gasteiger partial charge in [-0.2, -0.15) is 0 Å². The molecular weight excluding hydrogens is 216 g/mol. The van der Waals surface area contributed by atoms with Crippen LogP contribution < -0.4 is 4.74 Å². The standard InChI is InChI=1S/C13H14N2O2/c1-10-3-5-12(6-4-10)15-8-7-13(14-15)17-9-11(2)16/h3-8H,9H2,1-2H3. The molecule has 0 radical (unpaired) electrons. The molecule has 0 aliphatic carbocycles. The van der Waals surface area contributed by atoms with Crippen LogP contribution in [-0.4, -0.2) is 22.2 Å². The molecular formula is C13H14N2O2. The summed E-state index contributed by atoms with van der Waals surface area (Å²) in [5.41, 5.74) is 2.17. The van der Waals surface area contributed by atoms with Gasteiger partial charge in [-0.05, 0) is 26.0 Å². The molecule has 0 fully saturated rings. The smallest absolute Gasteiger partial charge is 0.233 e. The maximum absolute atomic E-state index is 10.8. The van der Waals surface area contributed by atoms with Crippen LogP contribution in [0.3, 0.4) is 0 Å². The Labute approximate surface area is 99.8 Å². The van der Waals surface area contributed by atoms with Gasteiger partial charge in [0.25, 0.3) is 0 Å². The molecule has 17 heavy (non-hydrogen) atoms. The van der Waals surface area contributed by atoms with Crippen LogP contribution in [0.1, 0.15) is 12.5 Å². The fourth-order valence-electron chi connectivity index (χ4n) is 1.40. The Morgan fingerprint density at radius 2 is 2.00 bits per heavy atom. The van der Waals surface area contributed by atoms with E-state index in [0.717, 1.165) is 5.69 Å². The van der Waals surface area contributed by atoms with Gasteiger partial charge >= 0.3 is 0 Å². The molecule has 0 bridgehead atoms. The zero-order chi connectivity index (χ0) is 12.3. The number of hydrogen-bond acceptors (Lipinski definition) is 3. The molecule has 4 nitrogen and oxygen atoms in total. The number of nitrogens with zero attached hydrogens (tertiary/aromatic N) is 2. The van der Waals surface area contributed by atoms with E-state index in [1.165, 1.54) is 12.5 Å². The lowest BCUT2D eigenvalue weighted by atomic mass is 10.2. The van der Waals surface area contributed by atoms with E-state index in [-0.39, 0.29) is 12.4 Å². The van der Waals surface area contributed by atoms with Crippen molar-refractivity contribution in [3.8, 4) is 11.6 Å². The number of ketones is 1. The summed E-state index contributed by atoms with van der Waals surface area (Å²) in [6.07, 6.45) is 1.81. The van der Waals surface area contributed by atoms with Gasteiger partial charge in [-0.1, -0.05) is 17.7 Å². The predicted octanol–water partition coefficient (Wildman–Crippen LogP) is 2.15. The first-order chi connectivity index (χ1) is 8.15. The lowest BCUT2D eigenvalue weighted by molar-refractivity contribution is -0.119. The van der Waals surface area contributed by atoms with E-state index < -0.39 is 0 Å². The molecule has 2 rings (SSSR count). The molecule has 2 aromatic rings. The van der Waals surface area contributed by atoms with Crippen molar-refractivity contribution in [2.45, 2.75) is 13.8 Å². The summed E-state index contributed by atoms with van der Waals surface area (Å²) in [6, 6.07) is 9.75. The van der Waals surface area contributed by atoms with Crippen molar-refractivity contribution in [1.29, 1.82) is 0 Å². The van der Waals surface area contributed by atoms with Crippen molar-refractivity contribution >= 4 is 5.78 Å². The summed E-state index contributed by atoms with van der Waals surface area (Å²) in [5.74, 6) is 0.440. The van der Waals surface area contributed by atoms with Crippen molar-refractivity contribution in [2.75, 3.05) is 6.61 Å². The second-order valence-electron chi connectivity index (χ2n) is 3.92. The SMILES string of the molecule is CC(=O)COc1ccn(-c2ccc(C)cc2)n1. The Morgan fingerprint density at radius 3 is 2.65 bits per heavy atom. The third-order valence-corrected chi connectivity index (χ3v) is 2.29. The average molecular weight is 230 g/mol. The number of aryl methyl sites for hydroxylation is 1. The van der Waals surface area contributed by atoms with E-state index in [2.05, 4.69) is 5.10 Å². The first-order valence-corrected chi connectivity index (χ1v) is 5.40. The Bertz CT molecular complexity index is 514. The van der Waals surface area contributed by atoms with Gasteiger partial charge in [0.15, 0.2) is 5.78 Å². The summed E-state index contributed by atoms with van der Waals surface area (Å²) in [5, 5.41) is 4.22. The quantitative estimate of drug-likeness (QED) is 0.808. The topological polar surface area (TPSA) is 44.1 Å². The minimum Gasteiger partial charge on any atom is -0.469 e. The molecule has 88 valence electrons. The van der Waals surface area contributed by atoms with Crippen molar-refractivity contribution in [3.05, 3.63) is 42.1 Å². The molecule has 0 spiro atoms. The van der Waals surface area contributed by atoms with Gasteiger partial charge in [0.05, 0.1) is 5.69 Å². The number of benzene rings is 1. The number of carbonyl (C=O) groups excluding carboxylic acids is 1. The average Bonchev–Trinajstić information content (AvgIpc) is 2.76. The normalized spacial score (nSPS) is 10.2. The molecule has 0 aliphatic heterocycles. The van der Waals surface area contributed by atoms with Gasteiger partial charge in [-0.3, -0.25) is 4.79 Å². The highest BCUT2D eigenvalue weighted by atomic mass is 16.5. The minimum absolute atomic E-state index is 0.0186. The second kappa shape index (κ2) is 4.82. The van der Waals surface area contributed by atoms with Gasteiger partial charge in [0.2, 0.25) is 5.88 Å². The third kappa shape index (κ3) is 2.93. The summed E-state index contributed by atoms with van der Waals surface area (Å²) in [4.78, 5) is 10.8. The molecule has 0 aliphatic rings. The van der Waals surface area contributed by atoms with Crippen molar-refractivity contribution in [1.82, 2.24) is 9.78 Å². The molecule has 1 heterocycles. The maximum Gasteiger partial charge on any atom is 0.233 e. The van der Waals surface area contributed by atoms with Crippen LogP contribution in [0.25, 0.3) is 5.69 Å². The van der Waals surface area contributed by atoms with Gasteiger partial charge in [0, 0.05) is 12.3 Å². The van der Waals surface area contributed by atoms with E-state index in [0.29, 0.717) is 5.88 Å². The summed E-state index contributed by atoms with van der Waals surface area (Å²) in [7, 11) is 0. The fourth-order valence-corrected chi connectivity index (χ4v) is 1.40. The van der Waals surface area contributed by atoms with Crippen LogP contribution >= 0.6 is 0 Å². The largest absolute Gasteiger partial charge is 0.469 e. The molecule has 1 aromatic carbocycles. The zero-order valence-electron chi connectivity index (χ0n) is 9.88. The van der Waals surface area contributed by atoms with Crippen LogP contribution in [0.15, 0.2) is 36.5 Å². The number of carbonyl (C=O) groups is 1. The van der Waals surface area contributed by atoms with Crippen LogP contribution in [0, 0.1) is 6.92 Å². The van der Waals surface area contributed by atoms with Crippen molar-refractivity contribution in [2.24, 2.45) is 0 Å². The molecule has 0 N–H and O–H groups in total. The molecule has 0 unspecified atom stereocenters. The molecule has 0 atom stereocenters. The monoisotopic (exact) mass is 230 g/mol. The van der Waals surface area contributed by atoms with Gasteiger partial charge in [-0.15, -0.1) is 5.10 Å². The van der Waals surface area contributed by atoms with E-state index in [9.17, 15) is 4.79 Å². The minimum atomic E-state index is -0.0186. The Balaban J connectivity index is 2.12. The van der Waals surface area contributed by atoms with Crippen LogP contribution in [-0.2, 0) is 4.79 Å². The first-order valence-electron chi connectivity index (χ1n) is 5.40. The lowest BCUT2D eigenvalue weighted by Gasteiger charge is -2.01.